The van der Waals surface area contributed by atoms with Crippen LogP contribution in [0.4, 0.5) is 0 Å². The topological polar surface area (TPSA) is 102 Å². The average Bonchev–Trinajstić information content (AvgIpc) is 3.45. The maximum atomic E-state index is 14.0. The van der Waals surface area contributed by atoms with Crippen molar-refractivity contribution >= 4 is 17.4 Å². The minimum atomic E-state index is -0.893. The maximum absolute atomic E-state index is 14.0. The summed E-state index contributed by atoms with van der Waals surface area (Å²) in [6.45, 7) is 9.20. The highest BCUT2D eigenvalue weighted by molar-refractivity contribution is 6.46. The number of pyridine rings is 1. The van der Waals surface area contributed by atoms with E-state index in [1.165, 1.54) is 4.90 Å². The van der Waals surface area contributed by atoms with Gasteiger partial charge in [-0.25, -0.2) is 4.98 Å². The third-order valence-corrected chi connectivity index (χ3v) is 7.35. The minimum Gasteiger partial charge on any atom is -0.872 e. The van der Waals surface area contributed by atoms with Crippen LogP contribution in [0.15, 0.2) is 66.5 Å². The number of carbonyl (C=O) groups is 2. The summed E-state index contributed by atoms with van der Waals surface area (Å²) in [7, 11) is 0. The molecule has 0 aliphatic carbocycles. The van der Waals surface area contributed by atoms with E-state index in [9.17, 15) is 14.7 Å². The Morgan fingerprint density at radius 2 is 1.95 bits per heavy atom. The lowest BCUT2D eigenvalue weighted by Crippen LogP contribution is -2.29. The number of amides is 1. The predicted octanol–water partition coefficient (Wildman–Crippen LogP) is 4.07. The van der Waals surface area contributed by atoms with E-state index >= 15 is 0 Å². The molecule has 1 aromatic heterocycles. The van der Waals surface area contributed by atoms with Crippen LogP contribution in [-0.4, -0.2) is 35.9 Å². The molecule has 3 heterocycles. The number of nitrogens with zero attached hydrogens (tertiary/aromatic N) is 1. The predicted molar refractivity (Wildman–Crippen MR) is 151 cm³/mol. The van der Waals surface area contributed by atoms with Crippen LogP contribution in [0.1, 0.15) is 62.4 Å². The van der Waals surface area contributed by atoms with Gasteiger partial charge in [-0.05, 0) is 73.2 Å². The lowest BCUT2D eigenvalue weighted by atomic mass is 9.94. The number of H-pyrrole nitrogens is 1. The highest BCUT2D eigenvalue weighted by Crippen LogP contribution is 2.43. The van der Waals surface area contributed by atoms with Crippen LogP contribution in [0, 0.1) is 5.92 Å². The Balaban J connectivity index is 1.60. The Hall–Kier alpha value is -4.33. The summed E-state index contributed by atoms with van der Waals surface area (Å²) >= 11 is 0. The summed E-state index contributed by atoms with van der Waals surface area (Å²) in [4.78, 5) is 31.5. The zero-order valence-electron chi connectivity index (χ0n) is 23.9. The quantitative estimate of drug-likeness (QED) is 0.212. The molecule has 2 aliphatic rings. The van der Waals surface area contributed by atoms with Crippen molar-refractivity contribution in [3.05, 3.63) is 88.8 Å². The van der Waals surface area contributed by atoms with E-state index in [0.717, 1.165) is 23.3 Å². The van der Waals surface area contributed by atoms with Crippen molar-refractivity contribution in [3.63, 3.8) is 0 Å². The van der Waals surface area contributed by atoms with Crippen molar-refractivity contribution in [2.24, 2.45) is 5.92 Å². The second kappa shape index (κ2) is 12.0. The van der Waals surface area contributed by atoms with E-state index in [1.807, 2.05) is 26.0 Å². The number of aromatic nitrogens is 1. The molecule has 1 N–H and O–H groups in total. The molecule has 214 valence electrons. The van der Waals surface area contributed by atoms with Crippen LogP contribution in [0.5, 0.6) is 17.2 Å². The van der Waals surface area contributed by atoms with Crippen LogP contribution in [-0.2, 0) is 22.6 Å². The third-order valence-electron chi connectivity index (χ3n) is 7.35. The zero-order valence-corrected chi connectivity index (χ0v) is 23.9. The van der Waals surface area contributed by atoms with Crippen molar-refractivity contribution in [2.45, 2.75) is 59.2 Å². The number of hydrogen-bond donors (Lipinski definition) is 0. The number of benzene rings is 2. The van der Waals surface area contributed by atoms with Gasteiger partial charge in [0.05, 0.1) is 25.8 Å². The van der Waals surface area contributed by atoms with Gasteiger partial charge in [-0.2, -0.15) is 0 Å². The molecule has 8 heteroatoms. The molecule has 41 heavy (non-hydrogen) atoms. The Bertz CT molecular complexity index is 1470. The van der Waals surface area contributed by atoms with Crippen LogP contribution in [0.3, 0.4) is 0 Å². The van der Waals surface area contributed by atoms with Gasteiger partial charge in [-0.3, -0.25) is 9.59 Å². The van der Waals surface area contributed by atoms with Crippen LogP contribution in [0.25, 0.3) is 5.76 Å². The molecular weight excluding hydrogens is 520 g/mol. The van der Waals surface area contributed by atoms with Crippen LogP contribution in [0.2, 0.25) is 0 Å². The second-order valence-corrected chi connectivity index (χ2v) is 10.9. The largest absolute Gasteiger partial charge is 0.872 e. The summed E-state index contributed by atoms with van der Waals surface area (Å²) in [6, 6.07) is 13.4. The molecule has 3 aromatic rings. The molecule has 0 spiro atoms. The van der Waals surface area contributed by atoms with Gasteiger partial charge in [0, 0.05) is 23.6 Å². The number of Topliss-reactive ketones (excluding diaryl/α,β-unsaturated/α-hetero) is 1. The number of nitrogens with one attached hydrogen (secondary N) is 1. The van der Waals surface area contributed by atoms with E-state index in [1.54, 1.807) is 48.8 Å². The lowest BCUT2D eigenvalue weighted by molar-refractivity contribution is -0.378. The van der Waals surface area contributed by atoms with Gasteiger partial charge < -0.3 is 24.2 Å². The van der Waals surface area contributed by atoms with Gasteiger partial charge in [0.2, 0.25) is 5.78 Å². The SMILES string of the molecule is CCOc1cc(C2/C(=C(\[O-])c3ccc4c(c3)CC(C)O4)C(=O)C(=O)N2Cc2ccc[nH+]c2)ccc1OCCC(C)C. The molecule has 2 aliphatic heterocycles. The van der Waals surface area contributed by atoms with Gasteiger partial charge in [-0.15, -0.1) is 0 Å². The third kappa shape index (κ3) is 5.92. The molecule has 0 radical (unpaired) electrons. The first-order valence-electron chi connectivity index (χ1n) is 14.2. The van der Waals surface area contributed by atoms with Crippen molar-refractivity contribution in [1.29, 1.82) is 0 Å². The summed E-state index contributed by atoms with van der Waals surface area (Å²) in [5.74, 6) is 0.339. The summed E-state index contributed by atoms with van der Waals surface area (Å²) in [5.41, 5.74) is 2.60. The fraction of sp³-hybridized carbons (Fsp3) is 0.364. The first-order chi connectivity index (χ1) is 19.8. The molecule has 8 nitrogen and oxygen atoms in total. The van der Waals surface area contributed by atoms with E-state index in [4.69, 9.17) is 14.2 Å². The molecule has 2 aromatic carbocycles. The number of hydrogen-bond acceptors (Lipinski definition) is 6. The van der Waals surface area contributed by atoms with Crippen molar-refractivity contribution < 1.29 is 33.9 Å². The van der Waals surface area contributed by atoms with Gasteiger partial charge >= 0.3 is 0 Å². The first kappa shape index (κ1) is 28.2. The number of carbonyl (C=O) groups excluding carboxylic acids is 2. The van der Waals surface area contributed by atoms with Gasteiger partial charge in [0.25, 0.3) is 5.91 Å². The summed E-state index contributed by atoms with van der Waals surface area (Å²) in [5, 5.41) is 14.0. The van der Waals surface area contributed by atoms with E-state index in [-0.39, 0.29) is 18.2 Å². The van der Waals surface area contributed by atoms with Gasteiger partial charge in [0.15, 0.2) is 23.9 Å². The fourth-order valence-corrected chi connectivity index (χ4v) is 5.31. The number of fused-ring (bicyclic) bond motifs is 1. The summed E-state index contributed by atoms with van der Waals surface area (Å²) in [6.07, 6.45) is 5.12. The highest BCUT2D eigenvalue weighted by atomic mass is 16.5. The number of likely N-dealkylation sites (tertiary alicyclic amines) is 1. The second-order valence-electron chi connectivity index (χ2n) is 10.9. The van der Waals surface area contributed by atoms with Gasteiger partial charge in [0.1, 0.15) is 11.9 Å². The fourth-order valence-electron chi connectivity index (χ4n) is 5.31. The number of rotatable bonds is 10. The molecule has 1 fully saturated rings. The molecule has 0 bridgehead atoms. The highest BCUT2D eigenvalue weighted by Gasteiger charge is 2.44. The number of ketones is 1. The Morgan fingerprint density at radius 1 is 1.12 bits per heavy atom. The Morgan fingerprint density at radius 3 is 2.68 bits per heavy atom. The van der Waals surface area contributed by atoms with Gasteiger partial charge in [-0.1, -0.05) is 31.7 Å². The Kier molecular flexibility index (Phi) is 8.28. The van der Waals surface area contributed by atoms with E-state index in [2.05, 4.69) is 18.8 Å². The zero-order chi connectivity index (χ0) is 29.1. The van der Waals surface area contributed by atoms with Crippen LogP contribution < -0.4 is 24.3 Å². The molecule has 1 amide bonds. The normalized spacial score (nSPS) is 19.4. The standard InChI is InChI=1S/C33H36N2O6/c1-5-39-28-17-23(8-11-27(28)40-14-12-20(2)3)30-29(31(36)24-9-10-26-25(16-24)15-21(4)41-26)32(37)33(38)35(30)19-22-7-6-13-34-18-22/h6-11,13,16-18,20-21,30,36H,5,12,14-15,19H2,1-4H3/b31-29+. The van der Waals surface area contributed by atoms with Crippen molar-refractivity contribution in [2.75, 3.05) is 13.2 Å². The molecular formula is C33H36N2O6. The van der Waals surface area contributed by atoms with Crippen LogP contribution >= 0.6 is 0 Å². The molecule has 0 saturated carbocycles. The smallest absolute Gasteiger partial charge is 0.295 e. The maximum Gasteiger partial charge on any atom is 0.295 e. The molecule has 2 atom stereocenters. The number of aromatic amines is 1. The monoisotopic (exact) mass is 556 g/mol. The van der Waals surface area contributed by atoms with Crippen molar-refractivity contribution in [1.82, 2.24) is 4.90 Å². The Labute approximate surface area is 240 Å². The molecule has 2 unspecified atom stereocenters. The molecule has 1 saturated heterocycles. The minimum absolute atomic E-state index is 0.0156. The lowest BCUT2D eigenvalue weighted by Gasteiger charge is -2.28. The summed E-state index contributed by atoms with van der Waals surface area (Å²) < 4.78 is 17.7. The van der Waals surface area contributed by atoms with Crippen molar-refractivity contribution in [3.8, 4) is 17.2 Å². The van der Waals surface area contributed by atoms with E-state index < -0.39 is 23.5 Å². The number of ether oxygens (including phenoxy) is 3. The average molecular weight is 557 g/mol. The molecule has 5 rings (SSSR count). The van der Waals surface area contributed by atoms with E-state index in [0.29, 0.717) is 48.2 Å². The first-order valence-corrected chi connectivity index (χ1v) is 14.2.